The minimum Gasteiger partial charge on any atom is -0.468 e. The quantitative estimate of drug-likeness (QED) is 0.904. The van der Waals surface area contributed by atoms with E-state index in [9.17, 15) is 18.0 Å². The maximum atomic E-state index is 12.1. The van der Waals surface area contributed by atoms with Crippen molar-refractivity contribution in [3.05, 3.63) is 47.2 Å². The van der Waals surface area contributed by atoms with E-state index in [1.54, 1.807) is 26.0 Å². The van der Waals surface area contributed by atoms with Crippen molar-refractivity contribution in [2.24, 2.45) is 0 Å². The average Bonchev–Trinajstić information content (AvgIpc) is 2.50. The molecule has 0 radical (unpaired) electrons. The van der Waals surface area contributed by atoms with E-state index in [-0.39, 0.29) is 24.0 Å². The molecule has 0 unspecified atom stereocenters. The van der Waals surface area contributed by atoms with Crippen molar-refractivity contribution in [2.75, 3.05) is 6.61 Å². The number of carbonyl (C=O) groups is 1. The van der Waals surface area contributed by atoms with Crippen LogP contribution in [0.5, 0.6) is 5.88 Å². The number of pyridine rings is 1. The molecular weight excluding hydrogens is 325 g/mol. The first kappa shape index (κ1) is 17.6. The lowest BCUT2D eigenvalue weighted by molar-refractivity contribution is -0.154. The Kier molecular flexibility index (Phi) is 5.32. The average molecular weight is 340 g/mol. The minimum atomic E-state index is -4.42. The van der Waals surface area contributed by atoms with E-state index in [1.165, 1.54) is 12.5 Å². The molecule has 2 aromatic heterocycles. The van der Waals surface area contributed by atoms with Crippen LogP contribution < -0.4 is 10.1 Å². The number of ether oxygens (including phenoxy) is 1. The van der Waals surface area contributed by atoms with E-state index in [1.807, 2.05) is 0 Å². The van der Waals surface area contributed by atoms with E-state index < -0.39 is 12.8 Å². The smallest absolute Gasteiger partial charge is 0.422 e. The summed E-state index contributed by atoms with van der Waals surface area (Å²) in [5.74, 6) is -0.468. The lowest BCUT2D eigenvalue weighted by atomic mass is 10.2. The van der Waals surface area contributed by atoms with Crippen LogP contribution in [-0.4, -0.2) is 33.6 Å². The zero-order valence-electron chi connectivity index (χ0n) is 13.0. The van der Waals surface area contributed by atoms with Crippen LogP contribution in [0.1, 0.15) is 27.3 Å². The van der Waals surface area contributed by atoms with Crippen LogP contribution in [0, 0.1) is 13.8 Å². The summed E-state index contributed by atoms with van der Waals surface area (Å²) in [5.41, 5.74) is 1.98. The van der Waals surface area contributed by atoms with E-state index in [0.717, 1.165) is 0 Å². The summed E-state index contributed by atoms with van der Waals surface area (Å²) in [4.78, 5) is 23.6. The molecule has 1 N–H and O–H groups in total. The number of hydrogen-bond donors (Lipinski definition) is 1. The Morgan fingerprint density at radius 3 is 2.58 bits per heavy atom. The first-order chi connectivity index (χ1) is 11.2. The van der Waals surface area contributed by atoms with E-state index in [4.69, 9.17) is 0 Å². The van der Waals surface area contributed by atoms with Gasteiger partial charge in [0.25, 0.3) is 5.91 Å². The molecule has 0 saturated heterocycles. The zero-order valence-corrected chi connectivity index (χ0v) is 13.0. The fourth-order valence-corrected chi connectivity index (χ4v) is 1.87. The van der Waals surface area contributed by atoms with Crippen molar-refractivity contribution in [1.29, 1.82) is 0 Å². The second-order valence-corrected chi connectivity index (χ2v) is 5.10. The lowest BCUT2D eigenvalue weighted by Gasteiger charge is -2.11. The highest BCUT2D eigenvalue weighted by Crippen LogP contribution is 2.20. The molecule has 2 heterocycles. The Bertz CT molecular complexity index is 735. The lowest BCUT2D eigenvalue weighted by Crippen LogP contribution is -2.24. The molecule has 0 saturated carbocycles. The largest absolute Gasteiger partial charge is 0.468 e. The van der Waals surface area contributed by atoms with Gasteiger partial charge in [-0.05, 0) is 31.5 Å². The van der Waals surface area contributed by atoms with Crippen LogP contribution in [-0.2, 0) is 6.54 Å². The monoisotopic (exact) mass is 340 g/mol. The molecule has 9 heteroatoms. The summed E-state index contributed by atoms with van der Waals surface area (Å²) in [5, 5.41) is 2.66. The first-order valence-electron chi connectivity index (χ1n) is 6.96. The Morgan fingerprint density at radius 1 is 1.21 bits per heavy atom. The van der Waals surface area contributed by atoms with Gasteiger partial charge in [-0.15, -0.1) is 0 Å². The summed E-state index contributed by atoms with van der Waals surface area (Å²) in [6, 6.07) is 3.15. The molecular formula is C15H15F3N4O2. The zero-order chi connectivity index (χ0) is 17.7. The molecule has 2 rings (SSSR count). The third-order valence-electron chi connectivity index (χ3n) is 2.95. The molecule has 0 aliphatic heterocycles. The van der Waals surface area contributed by atoms with Crippen molar-refractivity contribution in [3.8, 4) is 5.88 Å². The van der Waals surface area contributed by atoms with Gasteiger partial charge in [0.05, 0.1) is 0 Å². The third kappa shape index (κ3) is 5.18. The van der Waals surface area contributed by atoms with Gasteiger partial charge in [-0.25, -0.2) is 15.0 Å². The Labute approximate surface area is 136 Å². The number of nitrogens with zero attached hydrogens (tertiary/aromatic N) is 3. The normalized spacial score (nSPS) is 11.2. The van der Waals surface area contributed by atoms with Gasteiger partial charge < -0.3 is 10.1 Å². The molecule has 0 spiro atoms. The third-order valence-corrected chi connectivity index (χ3v) is 2.95. The van der Waals surface area contributed by atoms with Gasteiger partial charge in [-0.3, -0.25) is 4.79 Å². The number of nitrogens with one attached hydrogen (secondary N) is 1. The highest BCUT2D eigenvalue weighted by Gasteiger charge is 2.28. The second-order valence-electron chi connectivity index (χ2n) is 5.10. The fraction of sp³-hybridized carbons (Fsp3) is 0.333. The molecule has 0 aliphatic carbocycles. The predicted molar refractivity (Wildman–Crippen MR) is 78.5 cm³/mol. The van der Waals surface area contributed by atoms with Crippen molar-refractivity contribution >= 4 is 5.91 Å². The summed E-state index contributed by atoms with van der Waals surface area (Å²) in [6.45, 7) is 2.09. The van der Waals surface area contributed by atoms with Crippen LogP contribution in [0.2, 0.25) is 0 Å². The summed E-state index contributed by atoms with van der Waals surface area (Å²) < 4.78 is 41.0. The maximum Gasteiger partial charge on any atom is 0.422 e. The molecule has 0 fully saturated rings. The molecule has 128 valence electrons. The second kappa shape index (κ2) is 7.24. The number of aromatic nitrogens is 3. The number of halogens is 3. The number of amides is 1. The van der Waals surface area contributed by atoms with Gasteiger partial charge in [-0.2, -0.15) is 13.2 Å². The molecule has 0 atom stereocenters. The number of carbonyl (C=O) groups excluding carboxylic acids is 1. The molecule has 0 bridgehead atoms. The summed E-state index contributed by atoms with van der Waals surface area (Å²) >= 11 is 0. The van der Waals surface area contributed by atoms with Gasteiger partial charge in [-0.1, -0.05) is 0 Å². The number of hydrogen-bond acceptors (Lipinski definition) is 5. The van der Waals surface area contributed by atoms with Crippen molar-refractivity contribution < 1.29 is 22.7 Å². The van der Waals surface area contributed by atoms with Gasteiger partial charge in [0, 0.05) is 24.0 Å². The van der Waals surface area contributed by atoms with E-state index in [2.05, 4.69) is 25.0 Å². The number of alkyl halides is 3. The van der Waals surface area contributed by atoms with Crippen LogP contribution in [0.15, 0.2) is 24.7 Å². The van der Waals surface area contributed by atoms with Crippen LogP contribution in [0.3, 0.4) is 0 Å². The summed E-state index contributed by atoms with van der Waals surface area (Å²) in [6.07, 6.45) is -1.77. The standard InChI is InChI=1S/C15H15F3N4O2/c1-9-3-11(6-20-14(9)24-7-15(16,17)18)5-19-13(23)12-4-10(2)21-8-22-12/h3-4,6,8H,5,7H2,1-2H3,(H,19,23). The van der Waals surface area contributed by atoms with Crippen molar-refractivity contribution in [2.45, 2.75) is 26.6 Å². The van der Waals surface area contributed by atoms with Gasteiger partial charge in [0.2, 0.25) is 5.88 Å². The van der Waals surface area contributed by atoms with Gasteiger partial charge in [0.1, 0.15) is 12.0 Å². The highest BCUT2D eigenvalue weighted by atomic mass is 19.4. The number of rotatable bonds is 5. The molecule has 1 amide bonds. The maximum absolute atomic E-state index is 12.1. The van der Waals surface area contributed by atoms with Gasteiger partial charge >= 0.3 is 6.18 Å². The van der Waals surface area contributed by atoms with Crippen LogP contribution in [0.4, 0.5) is 13.2 Å². The molecule has 2 aromatic rings. The molecule has 24 heavy (non-hydrogen) atoms. The Hall–Kier alpha value is -2.71. The van der Waals surface area contributed by atoms with E-state index in [0.29, 0.717) is 16.8 Å². The highest BCUT2D eigenvalue weighted by molar-refractivity contribution is 5.92. The molecule has 6 nitrogen and oxygen atoms in total. The Morgan fingerprint density at radius 2 is 1.96 bits per heavy atom. The first-order valence-corrected chi connectivity index (χ1v) is 6.96. The molecule has 0 aliphatic rings. The van der Waals surface area contributed by atoms with Gasteiger partial charge in [0.15, 0.2) is 6.61 Å². The Balaban J connectivity index is 1.96. The predicted octanol–water partition coefficient (Wildman–Crippen LogP) is 2.36. The van der Waals surface area contributed by atoms with Crippen LogP contribution in [0.25, 0.3) is 0 Å². The minimum absolute atomic E-state index is 0.0890. The van der Waals surface area contributed by atoms with Crippen molar-refractivity contribution in [3.63, 3.8) is 0 Å². The topological polar surface area (TPSA) is 77.0 Å². The molecule has 0 aromatic carbocycles. The number of aryl methyl sites for hydroxylation is 2. The summed E-state index contributed by atoms with van der Waals surface area (Å²) in [7, 11) is 0. The van der Waals surface area contributed by atoms with E-state index >= 15 is 0 Å². The SMILES string of the molecule is Cc1cc(C(=O)NCc2cnc(OCC(F)(F)F)c(C)c2)ncn1. The van der Waals surface area contributed by atoms with Crippen molar-refractivity contribution in [1.82, 2.24) is 20.3 Å². The van der Waals surface area contributed by atoms with Crippen LogP contribution >= 0.6 is 0 Å². The fourth-order valence-electron chi connectivity index (χ4n) is 1.87.